The summed E-state index contributed by atoms with van der Waals surface area (Å²) in [6.07, 6.45) is 0.0232. The summed E-state index contributed by atoms with van der Waals surface area (Å²) in [5, 5.41) is 9.61. The molecule has 0 radical (unpaired) electrons. The Morgan fingerprint density at radius 1 is 1.00 bits per heavy atom. The lowest BCUT2D eigenvalue weighted by Gasteiger charge is -2.17. The third-order valence-corrected chi connectivity index (χ3v) is 4.03. The summed E-state index contributed by atoms with van der Waals surface area (Å²) in [6.45, 7) is 0. The van der Waals surface area contributed by atoms with Crippen molar-refractivity contribution in [2.75, 3.05) is 14.2 Å². The molecule has 0 aliphatic carbocycles. The lowest BCUT2D eigenvalue weighted by molar-refractivity contribution is -0.141. The van der Waals surface area contributed by atoms with Gasteiger partial charge in [0.25, 0.3) is 0 Å². The van der Waals surface area contributed by atoms with Crippen LogP contribution in [-0.4, -0.2) is 37.0 Å². The van der Waals surface area contributed by atoms with Crippen molar-refractivity contribution >= 4 is 17.7 Å². The number of methoxy groups -OCH3 is 2. The number of phenolic OH excluding ortho intramolecular Hbond substituents is 1. The van der Waals surface area contributed by atoms with E-state index in [1.807, 2.05) is 0 Å². The molecule has 1 unspecified atom stereocenters. The highest BCUT2D eigenvalue weighted by atomic mass is 16.5. The van der Waals surface area contributed by atoms with Crippen molar-refractivity contribution < 1.29 is 29.0 Å². The van der Waals surface area contributed by atoms with Crippen LogP contribution in [0.15, 0.2) is 48.5 Å². The number of aromatic hydroxyl groups is 1. The maximum Gasteiger partial charge on any atom is 0.338 e. The van der Waals surface area contributed by atoms with Crippen molar-refractivity contribution in [2.24, 2.45) is 5.92 Å². The van der Waals surface area contributed by atoms with Crippen LogP contribution in [0, 0.1) is 5.92 Å². The van der Waals surface area contributed by atoms with E-state index in [0.29, 0.717) is 11.1 Å². The van der Waals surface area contributed by atoms with Gasteiger partial charge in [-0.15, -0.1) is 0 Å². The van der Waals surface area contributed by atoms with Crippen LogP contribution in [0.2, 0.25) is 0 Å². The Hall–Kier alpha value is -3.15. The van der Waals surface area contributed by atoms with Crippen molar-refractivity contribution in [1.29, 1.82) is 0 Å². The molecule has 0 saturated carbocycles. The third-order valence-electron chi connectivity index (χ3n) is 4.03. The highest BCUT2D eigenvalue weighted by molar-refractivity contribution is 6.00. The Kier molecular flexibility index (Phi) is 6.49. The summed E-state index contributed by atoms with van der Waals surface area (Å²) in [6, 6.07) is 12.7. The van der Waals surface area contributed by atoms with Gasteiger partial charge in [0.2, 0.25) is 0 Å². The second kappa shape index (κ2) is 8.80. The highest BCUT2D eigenvalue weighted by Crippen LogP contribution is 2.23. The first-order valence-corrected chi connectivity index (χ1v) is 8.02. The summed E-state index contributed by atoms with van der Waals surface area (Å²) < 4.78 is 9.47. The predicted octanol–water partition coefficient (Wildman–Crippen LogP) is 2.78. The van der Waals surface area contributed by atoms with E-state index in [1.165, 1.54) is 26.4 Å². The van der Waals surface area contributed by atoms with Crippen LogP contribution in [-0.2, 0) is 20.7 Å². The van der Waals surface area contributed by atoms with Crippen LogP contribution in [0.1, 0.15) is 32.7 Å². The fourth-order valence-electron chi connectivity index (χ4n) is 2.71. The number of Topliss-reactive ketones (excluding diaryl/α,β-unsaturated/α-hetero) is 1. The molecule has 26 heavy (non-hydrogen) atoms. The van der Waals surface area contributed by atoms with Crippen LogP contribution in [0.5, 0.6) is 5.75 Å². The second-order valence-corrected chi connectivity index (χ2v) is 5.74. The number of rotatable bonds is 7. The van der Waals surface area contributed by atoms with E-state index in [9.17, 15) is 19.5 Å². The van der Waals surface area contributed by atoms with E-state index >= 15 is 0 Å². The summed E-state index contributed by atoms with van der Waals surface area (Å²) in [5.41, 5.74) is 1.23. The summed E-state index contributed by atoms with van der Waals surface area (Å²) in [7, 11) is 2.53. The van der Waals surface area contributed by atoms with E-state index in [0.717, 1.165) is 0 Å². The summed E-state index contributed by atoms with van der Waals surface area (Å²) in [4.78, 5) is 36.6. The average molecular weight is 356 g/mol. The van der Waals surface area contributed by atoms with Gasteiger partial charge in [-0.3, -0.25) is 9.59 Å². The van der Waals surface area contributed by atoms with Crippen molar-refractivity contribution in [3.63, 3.8) is 0 Å². The number of ether oxygens (including phenoxy) is 2. The molecule has 1 N–H and O–H groups in total. The van der Waals surface area contributed by atoms with Crippen molar-refractivity contribution in [1.82, 2.24) is 0 Å². The van der Waals surface area contributed by atoms with Crippen molar-refractivity contribution in [3.05, 3.63) is 65.2 Å². The number of esters is 2. The zero-order valence-corrected chi connectivity index (χ0v) is 14.6. The Bertz CT molecular complexity index is 811. The lowest BCUT2D eigenvalue weighted by atomic mass is 9.87. The van der Waals surface area contributed by atoms with E-state index in [2.05, 4.69) is 0 Å². The number of carbonyl (C=O) groups excluding carboxylic acids is 3. The first-order chi connectivity index (χ1) is 12.5. The van der Waals surface area contributed by atoms with Gasteiger partial charge in [-0.25, -0.2) is 4.79 Å². The first kappa shape index (κ1) is 19.2. The highest BCUT2D eigenvalue weighted by Gasteiger charge is 2.26. The van der Waals surface area contributed by atoms with Crippen LogP contribution >= 0.6 is 0 Å². The predicted molar refractivity (Wildman–Crippen MR) is 94.0 cm³/mol. The van der Waals surface area contributed by atoms with E-state index < -0.39 is 17.9 Å². The molecule has 6 heteroatoms. The second-order valence-electron chi connectivity index (χ2n) is 5.74. The molecule has 136 valence electrons. The molecule has 0 heterocycles. The Morgan fingerprint density at radius 2 is 1.73 bits per heavy atom. The lowest BCUT2D eigenvalue weighted by Crippen LogP contribution is -2.23. The molecular formula is C20H20O6. The van der Waals surface area contributed by atoms with Gasteiger partial charge in [0.15, 0.2) is 5.78 Å². The molecule has 0 aliphatic heterocycles. The molecular weight excluding hydrogens is 336 g/mol. The molecule has 0 aliphatic rings. The van der Waals surface area contributed by atoms with Crippen LogP contribution in [0.4, 0.5) is 0 Å². The quantitative estimate of drug-likeness (QED) is 0.606. The van der Waals surface area contributed by atoms with Gasteiger partial charge in [-0.2, -0.15) is 0 Å². The molecule has 1 atom stereocenters. The Morgan fingerprint density at radius 3 is 2.38 bits per heavy atom. The van der Waals surface area contributed by atoms with E-state index in [-0.39, 0.29) is 29.9 Å². The molecule has 6 nitrogen and oxygen atoms in total. The van der Waals surface area contributed by atoms with E-state index in [4.69, 9.17) is 9.47 Å². The zero-order chi connectivity index (χ0) is 19.1. The molecule has 0 bridgehead atoms. The van der Waals surface area contributed by atoms with Gasteiger partial charge in [0.1, 0.15) is 5.75 Å². The minimum Gasteiger partial charge on any atom is -0.508 e. The summed E-state index contributed by atoms with van der Waals surface area (Å²) >= 11 is 0. The number of ketones is 1. The number of carbonyl (C=O) groups is 3. The van der Waals surface area contributed by atoms with Crippen LogP contribution < -0.4 is 0 Å². The Labute approximate surface area is 151 Å². The standard InChI is InChI=1S/C20H20O6/c1-25-18(22)12-15(19(23)14-7-5-8-16(21)11-14)10-13-6-3-4-9-17(13)20(24)26-2/h3-9,11,15,21H,10,12H2,1-2H3. The van der Waals surface area contributed by atoms with Crippen LogP contribution in [0.25, 0.3) is 0 Å². The number of hydrogen-bond donors (Lipinski definition) is 1. The van der Waals surface area contributed by atoms with Gasteiger partial charge in [0.05, 0.1) is 26.2 Å². The number of hydrogen-bond acceptors (Lipinski definition) is 6. The molecule has 2 rings (SSSR count). The molecule has 0 spiro atoms. The molecule has 0 amide bonds. The summed E-state index contributed by atoms with van der Waals surface area (Å²) in [5.74, 6) is -2.13. The smallest absolute Gasteiger partial charge is 0.338 e. The normalized spacial score (nSPS) is 11.5. The van der Waals surface area contributed by atoms with Gasteiger partial charge in [0, 0.05) is 11.5 Å². The maximum atomic E-state index is 12.9. The zero-order valence-electron chi connectivity index (χ0n) is 14.6. The van der Waals surface area contributed by atoms with Crippen LogP contribution in [0.3, 0.4) is 0 Å². The average Bonchev–Trinajstić information content (AvgIpc) is 2.66. The topological polar surface area (TPSA) is 89.9 Å². The maximum absolute atomic E-state index is 12.9. The largest absolute Gasteiger partial charge is 0.508 e. The molecule has 2 aromatic rings. The van der Waals surface area contributed by atoms with Gasteiger partial charge in [-0.05, 0) is 30.2 Å². The first-order valence-electron chi connectivity index (χ1n) is 8.02. The Balaban J connectivity index is 2.36. The molecule has 0 fully saturated rings. The van der Waals surface area contributed by atoms with Gasteiger partial charge >= 0.3 is 11.9 Å². The van der Waals surface area contributed by atoms with Crippen molar-refractivity contribution in [2.45, 2.75) is 12.8 Å². The van der Waals surface area contributed by atoms with Gasteiger partial charge < -0.3 is 14.6 Å². The molecule has 0 aromatic heterocycles. The fourth-order valence-corrected chi connectivity index (χ4v) is 2.71. The minimum atomic E-state index is -0.741. The monoisotopic (exact) mass is 356 g/mol. The minimum absolute atomic E-state index is 0.0392. The fraction of sp³-hybridized carbons (Fsp3) is 0.250. The van der Waals surface area contributed by atoms with Crippen molar-refractivity contribution in [3.8, 4) is 5.75 Å². The van der Waals surface area contributed by atoms with Gasteiger partial charge in [-0.1, -0.05) is 30.3 Å². The molecule has 0 saturated heterocycles. The molecule has 2 aromatic carbocycles. The third kappa shape index (κ3) is 4.69. The number of benzene rings is 2. The SMILES string of the molecule is COC(=O)CC(Cc1ccccc1C(=O)OC)C(=O)c1cccc(O)c1. The van der Waals surface area contributed by atoms with E-state index in [1.54, 1.807) is 36.4 Å². The number of phenols is 1.